The summed E-state index contributed by atoms with van der Waals surface area (Å²) >= 11 is 0. The van der Waals surface area contributed by atoms with Crippen molar-refractivity contribution >= 4 is 12.3 Å². The number of carbonyl (C=O) groups is 2. The fourth-order valence-electron chi connectivity index (χ4n) is 1.48. The van der Waals surface area contributed by atoms with Gasteiger partial charge >= 0.3 is 12.3 Å². The molecule has 3 rings (SSSR count). The molecule has 2 aromatic rings. The summed E-state index contributed by atoms with van der Waals surface area (Å²) in [5, 5.41) is 0. The smallest absolute Gasteiger partial charge is 0.431 e. The Hall–Kier alpha value is -3.02. The summed E-state index contributed by atoms with van der Waals surface area (Å²) in [6.45, 7) is 0.831. The Morgan fingerprint density at radius 2 is 1.18 bits per heavy atom. The Kier molecular flexibility index (Phi) is 5.80. The van der Waals surface area contributed by atoms with Gasteiger partial charge in [0.1, 0.15) is 24.7 Å². The first kappa shape index (κ1) is 15.4. The average Bonchev–Trinajstić information content (AvgIpc) is 3.01. The van der Waals surface area contributed by atoms with Crippen molar-refractivity contribution in [2.24, 2.45) is 0 Å². The summed E-state index contributed by atoms with van der Waals surface area (Å²) in [6, 6.07) is 17.6. The standard InChI is InChI=1S/C13H10O3.C3H4O3/c14-13(15-11-7-3-1-4-8-11)16-12-9-5-2-6-10-12;4-3-5-1-2-6-3/h1-10H;1-2H2. The van der Waals surface area contributed by atoms with Crippen molar-refractivity contribution in [1.29, 1.82) is 0 Å². The molecule has 0 aliphatic carbocycles. The van der Waals surface area contributed by atoms with E-state index >= 15 is 0 Å². The van der Waals surface area contributed by atoms with Crippen molar-refractivity contribution in [2.75, 3.05) is 13.2 Å². The molecule has 1 aliphatic rings. The maximum Gasteiger partial charge on any atom is 0.519 e. The highest BCUT2D eigenvalue weighted by atomic mass is 16.8. The molecular formula is C16H14O6. The molecule has 0 aromatic heterocycles. The van der Waals surface area contributed by atoms with E-state index in [0.29, 0.717) is 24.7 Å². The van der Waals surface area contributed by atoms with Gasteiger partial charge in [-0.3, -0.25) is 0 Å². The molecule has 0 amide bonds. The number of rotatable bonds is 2. The highest BCUT2D eigenvalue weighted by Crippen LogP contribution is 2.12. The van der Waals surface area contributed by atoms with Gasteiger partial charge in [-0.2, -0.15) is 0 Å². The van der Waals surface area contributed by atoms with E-state index in [9.17, 15) is 9.59 Å². The highest BCUT2D eigenvalue weighted by Gasteiger charge is 2.09. The Balaban J connectivity index is 0.000000246. The normalized spacial score (nSPS) is 12.3. The minimum atomic E-state index is -0.739. The van der Waals surface area contributed by atoms with E-state index in [1.165, 1.54) is 0 Å². The summed E-state index contributed by atoms with van der Waals surface area (Å²) in [6.07, 6.45) is -1.28. The Bertz CT molecular complexity index is 545. The fraction of sp³-hybridized carbons (Fsp3) is 0.125. The molecule has 0 unspecified atom stereocenters. The van der Waals surface area contributed by atoms with E-state index in [1.54, 1.807) is 48.5 Å². The number of hydrogen-bond donors (Lipinski definition) is 0. The zero-order valence-corrected chi connectivity index (χ0v) is 11.6. The lowest BCUT2D eigenvalue weighted by molar-refractivity contribution is 0.131. The number of carbonyl (C=O) groups excluding carboxylic acids is 2. The molecule has 0 saturated carbocycles. The highest BCUT2D eigenvalue weighted by molar-refractivity contribution is 5.66. The van der Waals surface area contributed by atoms with Gasteiger partial charge in [0.25, 0.3) is 0 Å². The first-order valence-electron chi connectivity index (χ1n) is 6.53. The summed E-state index contributed by atoms with van der Waals surface area (Å²) in [7, 11) is 0. The van der Waals surface area contributed by atoms with Gasteiger partial charge in [-0.15, -0.1) is 0 Å². The Morgan fingerprint density at radius 1 is 0.773 bits per heavy atom. The molecule has 1 heterocycles. The summed E-state index contributed by atoms with van der Waals surface area (Å²) in [4.78, 5) is 21.1. The quantitative estimate of drug-likeness (QED) is 0.625. The molecule has 1 saturated heterocycles. The van der Waals surface area contributed by atoms with E-state index in [4.69, 9.17) is 9.47 Å². The Labute approximate surface area is 127 Å². The maximum atomic E-state index is 11.3. The van der Waals surface area contributed by atoms with Crippen LogP contribution in [0, 0.1) is 0 Å². The maximum absolute atomic E-state index is 11.3. The third-order valence-electron chi connectivity index (χ3n) is 2.41. The van der Waals surface area contributed by atoms with Crippen LogP contribution in [-0.2, 0) is 9.47 Å². The molecule has 0 N–H and O–H groups in total. The zero-order valence-electron chi connectivity index (χ0n) is 11.6. The van der Waals surface area contributed by atoms with Crippen LogP contribution >= 0.6 is 0 Å². The van der Waals surface area contributed by atoms with E-state index in [2.05, 4.69) is 9.47 Å². The largest absolute Gasteiger partial charge is 0.519 e. The number of benzene rings is 2. The Morgan fingerprint density at radius 3 is 1.50 bits per heavy atom. The summed E-state index contributed by atoms with van der Waals surface area (Å²) < 4.78 is 18.5. The molecule has 6 heteroatoms. The second-order valence-electron chi connectivity index (χ2n) is 4.03. The average molecular weight is 302 g/mol. The van der Waals surface area contributed by atoms with Gasteiger partial charge in [-0.05, 0) is 24.3 Å². The van der Waals surface area contributed by atoms with Crippen molar-refractivity contribution in [3.8, 4) is 11.5 Å². The molecule has 22 heavy (non-hydrogen) atoms. The molecule has 0 atom stereocenters. The minimum Gasteiger partial charge on any atom is -0.431 e. The van der Waals surface area contributed by atoms with Crippen molar-refractivity contribution < 1.29 is 28.5 Å². The molecule has 6 nitrogen and oxygen atoms in total. The van der Waals surface area contributed by atoms with Crippen LogP contribution in [0.1, 0.15) is 0 Å². The lowest BCUT2D eigenvalue weighted by atomic mass is 10.3. The van der Waals surface area contributed by atoms with Crippen molar-refractivity contribution in [1.82, 2.24) is 0 Å². The molecule has 0 radical (unpaired) electrons. The van der Waals surface area contributed by atoms with Gasteiger partial charge in [0.05, 0.1) is 0 Å². The van der Waals surface area contributed by atoms with E-state index < -0.39 is 12.3 Å². The van der Waals surface area contributed by atoms with Crippen LogP contribution in [0.15, 0.2) is 60.7 Å². The topological polar surface area (TPSA) is 71.1 Å². The first-order valence-corrected chi connectivity index (χ1v) is 6.53. The van der Waals surface area contributed by atoms with Gasteiger partial charge in [-0.1, -0.05) is 36.4 Å². The lowest BCUT2D eigenvalue weighted by Crippen LogP contribution is -2.13. The first-order chi connectivity index (χ1) is 10.7. The third-order valence-corrected chi connectivity index (χ3v) is 2.41. The molecule has 114 valence electrons. The van der Waals surface area contributed by atoms with E-state index in [1.807, 2.05) is 12.1 Å². The fourth-order valence-corrected chi connectivity index (χ4v) is 1.48. The molecule has 2 aromatic carbocycles. The molecule has 0 spiro atoms. The number of hydrogen-bond acceptors (Lipinski definition) is 6. The molecular weight excluding hydrogens is 288 g/mol. The van der Waals surface area contributed by atoms with Gasteiger partial charge in [-0.25, -0.2) is 9.59 Å². The number of para-hydroxylation sites is 2. The molecule has 1 aliphatic heterocycles. The minimum absolute atomic E-state index is 0.416. The number of cyclic esters (lactones) is 2. The predicted molar refractivity (Wildman–Crippen MR) is 76.8 cm³/mol. The van der Waals surface area contributed by atoms with Crippen LogP contribution in [0.2, 0.25) is 0 Å². The SMILES string of the molecule is O=C(Oc1ccccc1)Oc1ccccc1.O=C1OCCO1. The van der Waals surface area contributed by atoms with Crippen LogP contribution in [0.5, 0.6) is 11.5 Å². The predicted octanol–water partition coefficient (Wildman–Crippen LogP) is 3.42. The van der Waals surface area contributed by atoms with Gasteiger partial charge < -0.3 is 18.9 Å². The van der Waals surface area contributed by atoms with E-state index in [-0.39, 0.29) is 0 Å². The van der Waals surface area contributed by atoms with Gasteiger partial charge in [0, 0.05) is 0 Å². The van der Waals surface area contributed by atoms with Crippen LogP contribution in [0.25, 0.3) is 0 Å². The van der Waals surface area contributed by atoms with Gasteiger partial charge in [0.15, 0.2) is 0 Å². The van der Waals surface area contributed by atoms with Gasteiger partial charge in [0.2, 0.25) is 0 Å². The van der Waals surface area contributed by atoms with Crippen molar-refractivity contribution in [3.63, 3.8) is 0 Å². The van der Waals surface area contributed by atoms with Crippen LogP contribution in [-0.4, -0.2) is 25.5 Å². The number of ether oxygens (including phenoxy) is 4. The van der Waals surface area contributed by atoms with Crippen LogP contribution in [0.4, 0.5) is 9.59 Å². The monoisotopic (exact) mass is 302 g/mol. The second-order valence-corrected chi connectivity index (χ2v) is 4.03. The third kappa shape index (κ3) is 5.54. The summed E-state index contributed by atoms with van der Waals surface area (Å²) in [5.41, 5.74) is 0. The van der Waals surface area contributed by atoms with Crippen LogP contribution in [0.3, 0.4) is 0 Å². The zero-order chi connectivity index (χ0) is 15.6. The molecule has 0 bridgehead atoms. The molecule has 1 fully saturated rings. The van der Waals surface area contributed by atoms with Crippen molar-refractivity contribution in [3.05, 3.63) is 60.7 Å². The lowest BCUT2D eigenvalue weighted by Gasteiger charge is -2.04. The van der Waals surface area contributed by atoms with Crippen LogP contribution < -0.4 is 9.47 Å². The summed E-state index contributed by atoms with van der Waals surface area (Å²) in [5.74, 6) is 0.923. The second kappa shape index (κ2) is 8.31. The van der Waals surface area contributed by atoms with E-state index in [0.717, 1.165) is 0 Å². The van der Waals surface area contributed by atoms with Crippen molar-refractivity contribution in [2.45, 2.75) is 0 Å².